The van der Waals surface area contributed by atoms with Gasteiger partial charge in [0.2, 0.25) is 0 Å². The molecule has 1 aromatic carbocycles. The van der Waals surface area contributed by atoms with E-state index in [0.717, 1.165) is 18.4 Å². The second-order valence-electron chi connectivity index (χ2n) is 3.48. The molecular weight excluding hydrogens is 207 g/mol. The van der Waals surface area contributed by atoms with Crippen molar-refractivity contribution < 1.29 is 9.13 Å². The zero-order valence-corrected chi connectivity index (χ0v) is 9.37. The van der Waals surface area contributed by atoms with Crippen LogP contribution in [-0.2, 0) is 0 Å². The van der Waals surface area contributed by atoms with E-state index in [9.17, 15) is 4.39 Å². The van der Waals surface area contributed by atoms with Gasteiger partial charge in [0.15, 0.2) is 11.6 Å². The number of benzene rings is 1. The lowest BCUT2D eigenvalue weighted by Crippen LogP contribution is -2.27. The van der Waals surface area contributed by atoms with Gasteiger partial charge in [-0.05, 0) is 30.5 Å². The fourth-order valence-electron chi connectivity index (χ4n) is 1.52. The fourth-order valence-corrected chi connectivity index (χ4v) is 1.52. The summed E-state index contributed by atoms with van der Waals surface area (Å²) in [5.41, 5.74) is 3.60. The van der Waals surface area contributed by atoms with E-state index in [1.54, 1.807) is 12.1 Å². The Morgan fingerprint density at radius 1 is 1.62 bits per heavy atom. The van der Waals surface area contributed by atoms with Crippen LogP contribution in [0.1, 0.15) is 24.4 Å². The van der Waals surface area contributed by atoms with Crippen molar-refractivity contribution in [1.82, 2.24) is 5.43 Å². The van der Waals surface area contributed by atoms with E-state index in [-0.39, 0.29) is 17.6 Å². The number of rotatable bonds is 6. The molecule has 0 amide bonds. The molecule has 0 heterocycles. The molecule has 1 rings (SSSR count). The minimum absolute atomic E-state index is 0.0208. The van der Waals surface area contributed by atoms with Crippen LogP contribution in [-0.4, -0.2) is 7.11 Å². The number of hydrazine groups is 1. The van der Waals surface area contributed by atoms with Crippen LogP contribution >= 0.6 is 0 Å². The van der Waals surface area contributed by atoms with Gasteiger partial charge in [-0.15, -0.1) is 6.58 Å². The lowest BCUT2D eigenvalue weighted by molar-refractivity contribution is 0.384. The highest BCUT2D eigenvalue weighted by Gasteiger charge is 2.11. The highest BCUT2D eigenvalue weighted by Crippen LogP contribution is 2.24. The van der Waals surface area contributed by atoms with Crippen LogP contribution in [0.25, 0.3) is 0 Å². The fraction of sp³-hybridized carbons (Fsp3) is 0.333. The highest BCUT2D eigenvalue weighted by molar-refractivity contribution is 5.32. The zero-order valence-electron chi connectivity index (χ0n) is 9.37. The van der Waals surface area contributed by atoms with Gasteiger partial charge in [0.1, 0.15) is 0 Å². The lowest BCUT2D eigenvalue weighted by atomic mass is 10.0. The molecule has 88 valence electrons. The van der Waals surface area contributed by atoms with E-state index in [4.69, 9.17) is 10.6 Å². The Kier molecular flexibility index (Phi) is 4.95. The molecule has 0 aliphatic rings. The third kappa shape index (κ3) is 3.05. The Hall–Kier alpha value is -1.39. The van der Waals surface area contributed by atoms with Crippen molar-refractivity contribution in [3.05, 3.63) is 42.2 Å². The molecule has 3 nitrogen and oxygen atoms in total. The van der Waals surface area contributed by atoms with Gasteiger partial charge >= 0.3 is 0 Å². The number of ether oxygens (including phenoxy) is 1. The van der Waals surface area contributed by atoms with E-state index >= 15 is 0 Å². The average Bonchev–Trinajstić information content (AvgIpc) is 2.32. The minimum atomic E-state index is -0.370. The van der Waals surface area contributed by atoms with Crippen molar-refractivity contribution in [2.75, 3.05) is 7.11 Å². The lowest BCUT2D eigenvalue weighted by Gasteiger charge is -2.16. The summed E-state index contributed by atoms with van der Waals surface area (Å²) in [6.45, 7) is 3.66. The average molecular weight is 224 g/mol. The summed E-state index contributed by atoms with van der Waals surface area (Å²) >= 11 is 0. The van der Waals surface area contributed by atoms with Crippen LogP contribution in [0.4, 0.5) is 4.39 Å². The smallest absolute Gasteiger partial charge is 0.165 e. The number of methoxy groups -OCH3 is 1. The molecule has 0 radical (unpaired) electrons. The molecule has 16 heavy (non-hydrogen) atoms. The molecule has 0 saturated carbocycles. The maximum Gasteiger partial charge on any atom is 0.165 e. The van der Waals surface area contributed by atoms with Crippen LogP contribution < -0.4 is 16.0 Å². The van der Waals surface area contributed by atoms with E-state index < -0.39 is 0 Å². The molecule has 0 bridgehead atoms. The van der Waals surface area contributed by atoms with Gasteiger partial charge in [0.05, 0.1) is 7.11 Å². The Morgan fingerprint density at radius 2 is 2.38 bits per heavy atom. The number of allylic oxidation sites excluding steroid dienone is 1. The standard InChI is InChI=1S/C12H17FN2O/c1-3-4-5-11(15-14)9-6-7-10(13)12(8-9)16-2/h3,6-8,11,15H,1,4-5,14H2,2H3. The van der Waals surface area contributed by atoms with Gasteiger partial charge in [-0.1, -0.05) is 12.1 Å². The second-order valence-corrected chi connectivity index (χ2v) is 3.48. The van der Waals surface area contributed by atoms with Gasteiger partial charge in [-0.3, -0.25) is 11.3 Å². The predicted octanol–water partition coefficient (Wildman–Crippen LogP) is 2.30. The van der Waals surface area contributed by atoms with Gasteiger partial charge in [-0.2, -0.15) is 0 Å². The van der Waals surface area contributed by atoms with Gasteiger partial charge in [-0.25, -0.2) is 4.39 Å². The molecule has 0 aromatic heterocycles. The van der Waals surface area contributed by atoms with Crippen molar-refractivity contribution in [3.8, 4) is 5.75 Å². The first-order chi connectivity index (χ1) is 7.72. The molecular formula is C12H17FN2O. The number of halogens is 1. The molecule has 1 aromatic rings. The molecule has 0 aliphatic carbocycles. The Bertz CT molecular complexity index is 355. The third-order valence-electron chi connectivity index (χ3n) is 2.44. The van der Waals surface area contributed by atoms with Crippen molar-refractivity contribution in [1.29, 1.82) is 0 Å². The normalized spacial score (nSPS) is 12.2. The monoisotopic (exact) mass is 224 g/mol. The number of hydrogen-bond acceptors (Lipinski definition) is 3. The van der Waals surface area contributed by atoms with Crippen LogP contribution in [0.15, 0.2) is 30.9 Å². The van der Waals surface area contributed by atoms with Crippen molar-refractivity contribution in [3.63, 3.8) is 0 Å². The van der Waals surface area contributed by atoms with Crippen LogP contribution in [0.5, 0.6) is 5.75 Å². The first kappa shape index (κ1) is 12.7. The maximum atomic E-state index is 13.2. The number of nitrogens with two attached hydrogens (primary N) is 1. The number of hydrogen-bond donors (Lipinski definition) is 2. The quantitative estimate of drug-likeness (QED) is 0.443. The summed E-state index contributed by atoms with van der Waals surface area (Å²) in [6.07, 6.45) is 3.48. The summed E-state index contributed by atoms with van der Waals surface area (Å²) in [7, 11) is 1.44. The van der Waals surface area contributed by atoms with Gasteiger partial charge < -0.3 is 4.74 Å². The van der Waals surface area contributed by atoms with E-state index in [2.05, 4.69) is 12.0 Å². The van der Waals surface area contributed by atoms with E-state index in [1.807, 2.05) is 6.08 Å². The largest absolute Gasteiger partial charge is 0.494 e. The van der Waals surface area contributed by atoms with Crippen molar-refractivity contribution >= 4 is 0 Å². The summed E-state index contributed by atoms with van der Waals surface area (Å²) in [4.78, 5) is 0. The van der Waals surface area contributed by atoms with E-state index in [1.165, 1.54) is 13.2 Å². The molecule has 3 N–H and O–H groups in total. The zero-order chi connectivity index (χ0) is 12.0. The van der Waals surface area contributed by atoms with Crippen molar-refractivity contribution in [2.24, 2.45) is 5.84 Å². The number of nitrogens with one attached hydrogen (secondary N) is 1. The molecule has 0 spiro atoms. The Morgan fingerprint density at radius 3 is 2.94 bits per heavy atom. The summed E-state index contributed by atoms with van der Waals surface area (Å²) in [5, 5.41) is 0. The van der Waals surface area contributed by atoms with Gasteiger partial charge in [0, 0.05) is 6.04 Å². The summed E-state index contributed by atoms with van der Waals surface area (Å²) < 4.78 is 18.1. The molecule has 1 unspecified atom stereocenters. The van der Waals surface area contributed by atoms with Crippen LogP contribution in [0, 0.1) is 5.82 Å². The summed E-state index contributed by atoms with van der Waals surface area (Å²) in [6, 6.07) is 4.72. The van der Waals surface area contributed by atoms with Crippen LogP contribution in [0.3, 0.4) is 0 Å². The summed E-state index contributed by atoms with van der Waals surface area (Å²) in [5.74, 6) is 5.32. The molecule has 1 atom stereocenters. The SMILES string of the molecule is C=CCCC(NN)c1ccc(F)c(OC)c1. The first-order valence-electron chi connectivity index (χ1n) is 5.13. The third-order valence-corrected chi connectivity index (χ3v) is 2.44. The Balaban J connectivity index is 2.87. The van der Waals surface area contributed by atoms with E-state index in [0.29, 0.717) is 0 Å². The molecule has 0 fully saturated rings. The molecule has 0 aliphatic heterocycles. The second kappa shape index (κ2) is 6.25. The molecule has 0 saturated heterocycles. The predicted molar refractivity (Wildman–Crippen MR) is 62.4 cm³/mol. The highest BCUT2D eigenvalue weighted by atomic mass is 19.1. The Labute approximate surface area is 95.1 Å². The van der Waals surface area contributed by atoms with Gasteiger partial charge in [0.25, 0.3) is 0 Å². The van der Waals surface area contributed by atoms with Crippen LogP contribution in [0.2, 0.25) is 0 Å². The molecule has 4 heteroatoms. The minimum Gasteiger partial charge on any atom is -0.494 e. The van der Waals surface area contributed by atoms with Crippen molar-refractivity contribution in [2.45, 2.75) is 18.9 Å². The maximum absolute atomic E-state index is 13.2. The first-order valence-corrected chi connectivity index (χ1v) is 5.13. The topological polar surface area (TPSA) is 47.3 Å².